The summed E-state index contributed by atoms with van der Waals surface area (Å²) in [6, 6.07) is 7.19. The van der Waals surface area contributed by atoms with E-state index in [0.29, 0.717) is 0 Å². The Balaban J connectivity index is 2.56. The molecule has 0 aliphatic carbocycles. The molecule has 4 nitrogen and oxygen atoms in total. The molecule has 1 aromatic rings. The van der Waals surface area contributed by atoms with Gasteiger partial charge in [0, 0.05) is 0 Å². The molecule has 1 atom stereocenters. The number of para-hydroxylation sites is 1. The maximum absolute atomic E-state index is 10.9. The minimum atomic E-state index is -0.454. The Morgan fingerprint density at radius 2 is 2.20 bits per heavy atom. The van der Waals surface area contributed by atoms with Gasteiger partial charge in [-0.1, -0.05) is 18.2 Å². The Morgan fingerprint density at radius 3 is 2.73 bits per heavy atom. The molecule has 0 saturated heterocycles. The van der Waals surface area contributed by atoms with E-state index in [4.69, 9.17) is 10.5 Å². The van der Waals surface area contributed by atoms with Crippen LogP contribution < -0.4 is 15.8 Å². The summed E-state index contributed by atoms with van der Waals surface area (Å²) in [7, 11) is 1.68. The first-order valence-electron chi connectivity index (χ1n) is 4.80. The van der Waals surface area contributed by atoms with Crippen LogP contribution in [-0.4, -0.2) is 25.6 Å². The molecule has 0 radical (unpaired) electrons. The number of carbonyl (C=O) groups excluding carboxylic acids is 1. The lowest BCUT2D eigenvalue weighted by atomic mass is 10.2. The minimum Gasteiger partial charge on any atom is -0.491 e. The molecule has 0 aromatic heterocycles. The molecular weight excluding hydrogens is 192 g/mol. The average Bonchev–Trinajstić information content (AvgIpc) is 2.21. The summed E-state index contributed by atoms with van der Waals surface area (Å²) in [5, 5.41) is 2.79. The van der Waals surface area contributed by atoms with Crippen LogP contribution in [0, 0.1) is 6.92 Å². The molecule has 0 aliphatic rings. The van der Waals surface area contributed by atoms with Crippen molar-refractivity contribution in [1.29, 1.82) is 0 Å². The highest BCUT2D eigenvalue weighted by Crippen LogP contribution is 2.16. The summed E-state index contributed by atoms with van der Waals surface area (Å²) < 4.78 is 5.49. The molecule has 1 rings (SSSR count). The van der Waals surface area contributed by atoms with Gasteiger partial charge in [-0.25, -0.2) is 0 Å². The molecule has 0 aliphatic heterocycles. The SMILES string of the molecule is CNC(COc1ccccc1C)C(N)=O. The summed E-state index contributed by atoms with van der Waals surface area (Å²) in [5.74, 6) is 0.366. The van der Waals surface area contributed by atoms with Crippen LogP contribution in [0.5, 0.6) is 5.75 Å². The lowest BCUT2D eigenvalue weighted by molar-refractivity contribution is -0.120. The van der Waals surface area contributed by atoms with Gasteiger partial charge in [-0.15, -0.1) is 0 Å². The zero-order chi connectivity index (χ0) is 11.3. The van der Waals surface area contributed by atoms with E-state index < -0.39 is 11.9 Å². The van der Waals surface area contributed by atoms with E-state index in [1.54, 1.807) is 7.05 Å². The van der Waals surface area contributed by atoms with Crippen molar-refractivity contribution in [3.8, 4) is 5.75 Å². The first-order valence-corrected chi connectivity index (χ1v) is 4.80. The number of likely N-dealkylation sites (N-methyl/N-ethyl adjacent to an activating group) is 1. The van der Waals surface area contributed by atoms with Crippen LogP contribution >= 0.6 is 0 Å². The number of hydrogen-bond acceptors (Lipinski definition) is 3. The lowest BCUT2D eigenvalue weighted by Gasteiger charge is -2.14. The first kappa shape index (κ1) is 11.5. The second-order valence-corrected chi connectivity index (χ2v) is 3.32. The van der Waals surface area contributed by atoms with Gasteiger partial charge in [-0.05, 0) is 25.6 Å². The van der Waals surface area contributed by atoms with Crippen LogP contribution in [0.2, 0.25) is 0 Å². The molecule has 4 heteroatoms. The van der Waals surface area contributed by atoms with E-state index in [1.807, 2.05) is 31.2 Å². The predicted octanol–water partition coefficient (Wildman–Crippen LogP) is 0.447. The molecule has 15 heavy (non-hydrogen) atoms. The van der Waals surface area contributed by atoms with Crippen LogP contribution in [0.4, 0.5) is 0 Å². The molecule has 3 N–H and O–H groups in total. The Kier molecular flexibility index (Phi) is 4.12. The number of nitrogens with one attached hydrogen (secondary N) is 1. The van der Waals surface area contributed by atoms with Gasteiger partial charge >= 0.3 is 0 Å². The van der Waals surface area contributed by atoms with Gasteiger partial charge in [-0.3, -0.25) is 4.79 Å². The summed E-state index contributed by atoms with van der Waals surface area (Å²) >= 11 is 0. The fraction of sp³-hybridized carbons (Fsp3) is 0.364. The Hall–Kier alpha value is -1.55. The van der Waals surface area contributed by atoms with Crippen LogP contribution in [0.15, 0.2) is 24.3 Å². The van der Waals surface area contributed by atoms with Gasteiger partial charge in [0.05, 0.1) is 0 Å². The van der Waals surface area contributed by atoms with Crippen molar-refractivity contribution in [2.45, 2.75) is 13.0 Å². The van der Waals surface area contributed by atoms with Crippen molar-refractivity contribution in [3.63, 3.8) is 0 Å². The van der Waals surface area contributed by atoms with E-state index in [1.165, 1.54) is 0 Å². The normalized spacial score (nSPS) is 12.1. The van der Waals surface area contributed by atoms with Gasteiger partial charge in [0.2, 0.25) is 5.91 Å². The number of carbonyl (C=O) groups is 1. The number of rotatable bonds is 5. The molecule has 0 heterocycles. The van der Waals surface area contributed by atoms with Crippen molar-refractivity contribution < 1.29 is 9.53 Å². The molecular formula is C11H16N2O2. The summed E-state index contributed by atoms with van der Waals surface area (Å²) in [4.78, 5) is 10.9. The third kappa shape index (κ3) is 3.25. The predicted molar refractivity (Wildman–Crippen MR) is 58.7 cm³/mol. The van der Waals surface area contributed by atoms with Gasteiger partial charge < -0.3 is 15.8 Å². The maximum Gasteiger partial charge on any atom is 0.238 e. The summed E-state index contributed by atoms with van der Waals surface area (Å²) in [6.07, 6.45) is 0. The number of amides is 1. The Morgan fingerprint density at radius 1 is 1.53 bits per heavy atom. The monoisotopic (exact) mass is 208 g/mol. The van der Waals surface area contributed by atoms with Gasteiger partial charge in [-0.2, -0.15) is 0 Å². The zero-order valence-electron chi connectivity index (χ0n) is 8.99. The van der Waals surface area contributed by atoms with E-state index in [2.05, 4.69) is 5.32 Å². The van der Waals surface area contributed by atoms with E-state index in [-0.39, 0.29) is 6.61 Å². The zero-order valence-corrected chi connectivity index (χ0v) is 8.99. The van der Waals surface area contributed by atoms with Crippen molar-refractivity contribution >= 4 is 5.91 Å². The molecule has 0 saturated carbocycles. The number of primary amides is 1. The molecule has 1 aromatic carbocycles. The van der Waals surface area contributed by atoms with Gasteiger partial charge in [0.15, 0.2) is 0 Å². The number of benzene rings is 1. The van der Waals surface area contributed by atoms with Crippen molar-refractivity contribution in [1.82, 2.24) is 5.32 Å². The third-order valence-corrected chi connectivity index (χ3v) is 2.19. The van der Waals surface area contributed by atoms with E-state index in [0.717, 1.165) is 11.3 Å². The van der Waals surface area contributed by atoms with Crippen LogP contribution in [0.25, 0.3) is 0 Å². The highest BCUT2D eigenvalue weighted by atomic mass is 16.5. The molecule has 0 bridgehead atoms. The second-order valence-electron chi connectivity index (χ2n) is 3.32. The van der Waals surface area contributed by atoms with Crippen molar-refractivity contribution in [2.75, 3.05) is 13.7 Å². The summed E-state index contributed by atoms with van der Waals surface area (Å²) in [6.45, 7) is 2.20. The van der Waals surface area contributed by atoms with E-state index >= 15 is 0 Å². The quantitative estimate of drug-likeness (QED) is 0.738. The molecule has 1 amide bonds. The number of hydrogen-bond donors (Lipinski definition) is 2. The van der Waals surface area contributed by atoms with Crippen LogP contribution in [0.1, 0.15) is 5.56 Å². The smallest absolute Gasteiger partial charge is 0.238 e. The third-order valence-electron chi connectivity index (χ3n) is 2.19. The number of ether oxygens (including phenoxy) is 1. The van der Waals surface area contributed by atoms with E-state index in [9.17, 15) is 4.79 Å². The van der Waals surface area contributed by atoms with Crippen molar-refractivity contribution in [3.05, 3.63) is 29.8 Å². The van der Waals surface area contributed by atoms with Crippen molar-refractivity contribution in [2.24, 2.45) is 5.73 Å². The fourth-order valence-corrected chi connectivity index (χ4v) is 1.20. The molecule has 0 fully saturated rings. The molecule has 82 valence electrons. The standard InChI is InChI=1S/C11H16N2O2/c1-8-5-3-4-6-10(8)15-7-9(13-2)11(12)14/h3-6,9,13H,7H2,1-2H3,(H2,12,14). The molecule has 0 spiro atoms. The number of aryl methyl sites for hydroxylation is 1. The van der Waals surface area contributed by atoms with Crippen LogP contribution in [0.3, 0.4) is 0 Å². The lowest BCUT2D eigenvalue weighted by Crippen LogP contribution is -2.43. The largest absolute Gasteiger partial charge is 0.491 e. The fourth-order valence-electron chi connectivity index (χ4n) is 1.20. The van der Waals surface area contributed by atoms with Crippen LogP contribution in [-0.2, 0) is 4.79 Å². The number of nitrogens with two attached hydrogens (primary N) is 1. The highest BCUT2D eigenvalue weighted by molar-refractivity contribution is 5.79. The maximum atomic E-state index is 10.9. The molecule has 1 unspecified atom stereocenters. The Labute approximate surface area is 89.4 Å². The highest BCUT2D eigenvalue weighted by Gasteiger charge is 2.13. The van der Waals surface area contributed by atoms with Gasteiger partial charge in [0.25, 0.3) is 0 Å². The minimum absolute atomic E-state index is 0.247. The topological polar surface area (TPSA) is 64.3 Å². The summed E-state index contributed by atoms with van der Waals surface area (Å²) in [5.41, 5.74) is 6.21. The van der Waals surface area contributed by atoms with Gasteiger partial charge in [0.1, 0.15) is 18.4 Å². The first-order chi connectivity index (χ1) is 7.15. The Bertz CT molecular complexity index is 339. The second kappa shape index (κ2) is 5.36. The average molecular weight is 208 g/mol.